The topological polar surface area (TPSA) is 55.1 Å². The van der Waals surface area contributed by atoms with Gasteiger partial charge >= 0.3 is 0 Å². The first-order valence-corrected chi connectivity index (χ1v) is 6.71. The maximum absolute atomic E-state index is 11.9. The largest absolute Gasteiger partial charge is 0.398 e. The zero-order chi connectivity index (χ0) is 12.8. The van der Waals surface area contributed by atoms with Crippen molar-refractivity contribution in [2.24, 2.45) is 5.92 Å². The average molecular weight is 299 g/mol. The Bertz CT molecular complexity index is 389. The molecule has 0 aromatic heterocycles. The van der Waals surface area contributed by atoms with Crippen molar-refractivity contribution >= 4 is 27.5 Å². The standard InChI is InChI=1S/C13H19BrN2O/c1-3-9(4-2)8-16-13(17)10-5-6-11(14)12(15)7-10/h5-7,9H,3-4,8,15H2,1-2H3,(H,16,17). The van der Waals surface area contributed by atoms with Crippen LogP contribution in [0.4, 0.5) is 5.69 Å². The van der Waals surface area contributed by atoms with Gasteiger partial charge < -0.3 is 11.1 Å². The Balaban J connectivity index is 2.61. The number of benzene rings is 1. The Kier molecular flexibility index (Phi) is 5.48. The third-order valence-corrected chi connectivity index (χ3v) is 3.69. The predicted molar refractivity (Wildman–Crippen MR) is 75.0 cm³/mol. The zero-order valence-electron chi connectivity index (χ0n) is 10.3. The molecule has 1 aromatic rings. The van der Waals surface area contributed by atoms with Crippen LogP contribution in [0, 0.1) is 5.92 Å². The molecule has 17 heavy (non-hydrogen) atoms. The quantitative estimate of drug-likeness (QED) is 0.820. The van der Waals surface area contributed by atoms with Gasteiger partial charge in [0, 0.05) is 22.3 Å². The van der Waals surface area contributed by atoms with Crippen molar-refractivity contribution < 1.29 is 4.79 Å². The van der Waals surface area contributed by atoms with Crippen molar-refractivity contribution in [3.8, 4) is 0 Å². The zero-order valence-corrected chi connectivity index (χ0v) is 11.9. The first-order chi connectivity index (χ1) is 8.08. The number of rotatable bonds is 5. The third kappa shape index (κ3) is 4.04. The highest BCUT2D eigenvalue weighted by Crippen LogP contribution is 2.20. The van der Waals surface area contributed by atoms with Gasteiger partial charge in [-0.05, 0) is 40.0 Å². The number of hydrogen-bond acceptors (Lipinski definition) is 2. The van der Waals surface area contributed by atoms with E-state index in [2.05, 4.69) is 35.1 Å². The first-order valence-electron chi connectivity index (χ1n) is 5.91. The molecule has 1 rings (SSSR count). The number of amides is 1. The average Bonchev–Trinajstić information content (AvgIpc) is 2.33. The van der Waals surface area contributed by atoms with E-state index in [0.717, 1.165) is 23.9 Å². The summed E-state index contributed by atoms with van der Waals surface area (Å²) in [6.07, 6.45) is 2.17. The molecule has 0 aliphatic carbocycles. The fourth-order valence-electron chi connectivity index (χ4n) is 1.60. The van der Waals surface area contributed by atoms with E-state index in [1.807, 2.05) is 0 Å². The Labute approximate surface area is 111 Å². The second kappa shape index (κ2) is 6.64. The van der Waals surface area contributed by atoms with Crippen LogP contribution in [0.3, 0.4) is 0 Å². The molecule has 1 aromatic carbocycles. The predicted octanol–water partition coefficient (Wildman–Crippen LogP) is 3.20. The number of nitrogen functional groups attached to an aromatic ring is 1. The number of carbonyl (C=O) groups is 1. The molecule has 3 N–H and O–H groups in total. The van der Waals surface area contributed by atoms with Crippen molar-refractivity contribution in [1.82, 2.24) is 5.32 Å². The lowest BCUT2D eigenvalue weighted by Gasteiger charge is -2.13. The number of anilines is 1. The van der Waals surface area contributed by atoms with Crippen LogP contribution in [-0.2, 0) is 0 Å². The number of carbonyl (C=O) groups excluding carboxylic acids is 1. The van der Waals surface area contributed by atoms with Gasteiger partial charge in [0.25, 0.3) is 5.91 Å². The van der Waals surface area contributed by atoms with Crippen molar-refractivity contribution in [3.63, 3.8) is 0 Å². The molecular weight excluding hydrogens is 280 g/mol. The van der Waals surface area contributed by atoms with Crippen LogP contribution in [-0.4, -0.2) is 12.5 Å². The number of nitrogens with one attached hydrogen (secondary N) is 1. The lowest BCUT2D eigenvalue weighted by Crippen LogP contribution is -2.28. The molecule has 0 aliphatic rings. The van der Waals surface area contributed by atoms with E-state index in [1.165, 1.54) is 0 Å². The van der Waals surface area contributed by atoms with Gasteiger partial charge in [-0.1, -0.05) is 26.7 Å². The third-order valence-electron chi connectivity index (χ3n) is 2.96. The molecule has 3 nitrogen and oxygen atoms in total. The second-order valence-electron chi connectivity index (χ2n) is 4.13. The molecule has 0 atom stereocenters. The number of nitrogens with two attached hydrogens (primary N) is 1. The number of hydrogen-bond donors (Lipinski definition) is 2. The van der Waals surface area contributed by atoms with E-state index in [9.17, 15) is 4.79 Å². The molecule has 0 aliphatic heterocycles. The molecule has 0 saturated heterocycles. The molecule has 0 saturated carbocycles. The maximum Gasteiger partial charge on any atom is 0.251 e. The van der Waals surface area contributed by atoms with E-state index >= 15 is 0 Å². The summed E-state index contributed by atoms with van der Waals surface area (Å²) < 4.78 is 0.814. The Morgan fingerprint density at radius 3 is 2.59 bits per heavy atom. The van der Waals surface area contributed by atoms with Gasteiger partial charge in [-0.15, -0.1) is 0 Å². The maximum atomic E-state index is 11.9. The molecule has 4 heteroatoms. The van der Waals surface area contributed by atoms with Crippen LogP contribution in [0.25, 0.3) is 0 Å². The van der Waals surface area contributed by atoms with Crippen LogP contribution < -0.4 is 11.1 Å². The summed E-state index contributed by atoms with van der Waals surface area (Å²) in [5.41, 5.74) is 6.93. The minimum atomic E-state index is -0.0592. The van der Waals surface area contributed by atoms with Gasteiger partial charge in [-0.3, -0.25) is 4.79 Å². The molecule has 0 spiro atoms. The molecule has 0 radical (unpaired) electrons. The van der Waals surface area contributed by atoms with Crippen molar-refractivity contribution in [2.75, 3.05) is 12.3 Å². The van der Waals surface area contributed by atoms with Crippen LogP contribution in [0.1, 0.15) is 37.0 Å². The normalized spacial score (nSPS) is 10.6. The van der Waals surface area contributed by atoms with E-state index in [1.54, 1.807) is 18.2 Å². The SMILES string of the molecule is CCC(CC)CNC(=O)c1ccc(Br)c(N)c1. The van der Waals surface area contributed by atoms with E-state index in [-0.39, 0.29) is 5.91 Å². The molecule has 0 heterocycles. The molecule has 0 fully saturated rings. The van der Waals surface area contributed by atoms with Crippen LogP contribution in [0.15, 0.2) is 22.7 Å². The van der Waals surface area contributed by atoms with E-state index in [4.69, 9.17) is 5.73 Å². The van der Waals surface area contributed by atoms with Crippen molar-refractivity contribution in [3.05, 3.63) is 28.2 Å². The smallest absolute Gasteiger partial charge is 0.251 e. The van der Waals surface area contributed by atoms with Crippen molar-refractivity contribution in [2.45, 2.75) is 26.7 Å². The molecule has 94 valence electrons. The highest BCUT2D eigenvalue weighted by atomic mass is 79.9. The van der Waals surface area contributed by atoms with Gasteiger partial charge in [-0.2, -0.15) is 0 Å². The van der Waals surface area contributed by atoms with Gasteiger partial charge in [0.15, 0.2) is 0 Å². The lowest BCUT2D eigenvalue weighted by molar-refractivity contribution is 0.0946. The lowest BCUT2D eigenvalue weighted by atomic mass is 10.0. The van der Waals surface area contributed by atoms with Gasteiger partial charge in [0.1, 0.15) is 0 Å². The Hall–Kier alpha value is -1.03. The summed E-state index contributed by atoms with van der Waals surface area (Å²) in [6.45, 7) is 5.00. The van der Waals surface area contributed by atoms with Crippen LogP contribution in [0.2, 0.25) is 0 Å². The highest BCUT2D eigenvalue weighted by Gasteiger charge is 2.09. The Morgan fingerprint density at radius 1 is 1.41 bits per heavy atom. The summed E-state index contributed by atoms with van der Waals surface area (Å²) in [4.78, 5) is 11.9. The highest BCUT2D eigenvalue weighted by molar-refractivity contribution is 9.10. The minimum Gasteiger partial charge on any atom is -0.398 e. The monoisotopic (exact) mass is 298 g/mol. The minimum absolute atomic E-state index is 0.0592. The fraction of sp³-hybridized carbons (Fsp3) is 0.462. The second-order valence-corrected chi connectivity index (χ2v) is 4.98. The van der Waals surface area contributed by atoms with Gasteiger partial charge in [-0.25, -0.2) is 0 Å². The number of halogens is 1. The Morgan fingerprint density at radius 2 is 2.06 bits per heavy atom. The summed E-state index contributed by atoms with van der Waals surface area (Å²) in [5, 5.41) is 2.94. The first kappa shape index (κ1) is 14.0. The van der Waals surface area contributed by atoms with E-state index < -0.39 is 0 Å². The summed E-state index contributed by atoms with van der Waals surface area (Å²) in [6, 6.07) is 5.25. The van der Waals surface area contributed by atoms with Crippen molar-refractivity contribution in [1.29, 1.82) is 0 Å². The van der Waals surface area contributed by atoms with Gasteiger partial charge in [0.05, 0.1) is 0 Å². The van der Waals surface area contributed by atoms with E-state index in [0.29, 0.717) is 17.2 Å². The molecule has 0 bridgehead atoms. The molecule has 0 unspecified atom stereocenters. The summed E-state index contributed by atoms with van der Waals surface area (Å²) in [5.74, 6) is 0.489. The summed E-state index contributed by atoms with van der Waals surface area (Å²) >= 11 is 3.31. The van der Waals surface area contributed by atoms with Crippen LogP contribution in [0.5, 0.6) is 0 Å². The fourth-order valence-corrected chi connectivity index (χ4v) is 1.85. The molecule has 1 amide bonds. The molecular formula is C13H19BrN2O. The summed E-state index contributed by atoms with van der Waals surface area (Å²) in [7, 11) is 0. The van der Waals surface area contributed by atoms with Crippen LogP contribution >= 0.6 is 15.9 Å². The van der Waals surface area contributed by atoms with Gasteiger partial charge in [0.2, 0.25) is 0 Å².